The minimum absolute atomic E-state index is 0.0322. The van der Waals surface area contributed by atoms with Gasteiger partial charge in [0.15, 0.2) is 5.69 Å². The Morgan fingerprint density at radius 1 is 1.19 bits per heavy atom. The first-order valence-corrected chi connectivity index (χ1v) is 11.3. The smallest absolute Gasteiger partial charge is 0.272 e. The number of amides is 1. The number of nitrogens with zero attached hydrogens (tertiary/aromatic N) is 4. The topological polar surface area (TPSA) is 72.3 Å². The van der Waals surface area contributed by atoms with E-state index in [1.165, 1.54) is 16.8 Å². The third-order valence-electron chi connectivity index (χ3n) is 6.24. The van der Waals surface area contributed by atoms with Crippen LogP contribution in [0.15, 0.2) is 48.8 Å². The van der Waals surface area contributed by atoms with Crippen LogP contribution in [0.25, 0.3) is 0 Å². The molecule has 0 spiro atoms. The lowest BCUT2D eigenvalue weighted by Crippen LogP contribution is -2.33. The molecule has 0 unspecified atom stereocenters. The van der Waals surface area contributed by atoms with Crippen LogP contribution in [-0.2, 0) is 32.5 Å². The highest BCUT2D eigenvalue weighted by Crippen LogP contribution is 2.26. The molecule has 166 valence electrons. The lowest BCUT2D eigenvalue weighted by molar-refractivity contribution is 0.0943. The molecule has 1 fully saturated rings. The molecule has 0 radical (unpaired) electrons. The van der Waals surface area contributed by atoms with Crippen LogP contribution >= 0.6 is 0 Å². The van der Waals surface area contributed by atoms with E-state index in [0.717, 1.165) is 63.2 Å². The van der Waals surface area contributed by atoms with Crippen LogP contribution in [0.3, 0.4) is 0 Å². The van der Waals surface area contributed by atoms with Gasteiger partial charge < -0.3 is 10.1 Å². The molecule has 3 heterocycles. The molecule has 7 heteroatoms. The first kappa shape index (κ1) is 20.7. The Balaban J connectivity index is 1.35. The van der Waals surface area contributed by atoms with Crippen LogP contribution in [0.5, 0.6) is 5.75 Å². The van der Waals surface area contributed by atoms with E-state index >= 15 is 0 Å². The number of aromatic nitrogens is 3. The van der Waals surface area contributed by atoms with Crippen molar-refractivity contribution in [3.05, 3.63) is 76.9 Å². The zero-order valence-corrected chi connectivity index (χ0v) is 18.5. The Labute approximate surface area is 188 Å². The van der Waals surface area contributed by atoms with Crippen LogP contribution in [0.1, 0.15) is 45.7 Å². The van der Waals surface area contributed by atoms with Gasteiger partial charge in [0.1, 0.15) is 5.75 Å². The molecule has 0 saturated heterocycles. The quantitative estimate of drug-likeness (QED) is 0.594. The van der Waals surface area contributed by atoms with E-state index in [9.17, 15) is 4.79 Å². The number of aryl methyl sites for hydroxylation is 2. The Morgan fingerprint density at radius 2 is 2.03 bits per heavy atom. The predicted molar refractivity (Wildman–Crippen MR) is 121 cm³/mol. The highest BCUT2D eigenvalue weighted by molar-refractivity contribution is 5.94. The van der Waals surface area contributed by atoms with Gasteiger partial charge in [-0.2, -0.15) is 5.10 Å². The number of methoxy groups -OCH3 is 1. The summed E-state index contributed by atoms with van der Waals surface area (Å²) < 4.78 is 7.31. The average Bonchev–Trinajstić information content (AvgIpc) is 3.57. The molecule has 7 nitrogen and oxygen atoms in total. The number of carbonyl (C=O) groups excluding carboxylic acids is 1. The second-order valence-electron chi connectivity index (χ2n) is 8.66. The van der Waals surface area contributed by atoms with Crippen molar-refractivity contribution in [3.63, 3.8) is 0 Å². The number of fused-ring (bicyclic) bond motifs is 1. The SMILES string of the molecule is COc1ccc(CCn2nc(C(=O)NC3CC3)c3c2CCN(Cc2cccnc2)C3)cc1. The van der Waals surface area contributed by atoms with Gasteiger partial charge in [-0.1, -0.05) is 18.2 Å². The summed E-state index contributed by atoms with van der Waals surface area (Å²) in [6.45, 7) is 3.27. The van der Waals surface area contributed by atoms with E-state index in [4.69, 9.17) is 9.84 Å². The zero-order valence-electron chi connectivity index (χ0n) is 18.5. The van der Waals surface area contributed by atoms with E-state index in [1.807, 2.05) is 24.4 Å². The summed E-state index contributed by atoms with van der Waals surface area (Å²) in [5.74, 6) is 0.827. The van der Waals surface area contributed by atoms with Gasteiger partial charge in [0.25, 0.3) is 5.91 Å². The minimum Gasteiger partial charge on any atom is -0.497 e. The second kappa shape index (κ2) is 9.12. The standard InChI is InChI=1S/C25H29N5O2/c1-32-21-8-4-18(5-9-21)10-14-30-23-11-13-29(16-19-3-2-12-26-15-19)17-22(23)24(28-30)25(31)27-20-6-7-20/h2-5,8-9,12,15,20H,6-7,10-11,13-14,16-17H2,1H3,(H,27,31). The maximum absolute atomic E-state index is 13.0. The fourth-order valence-electron chi connectivity index (χ4n) is 4.31. The highest BCUT2D eigenvalue weighted by Gasteiger charge is 2.31. The first-order valence-electron chi connectivity index (χ1n) is 11.3. The van der Waals surface area contributed by atoms with Gasteiger partial charge in [-0.15, -0.1) is 0 Å². The Kier molecular flexibility index (Phi) is 5.90. The average molecular weight is 432 g/mol. The third kappa shape index (κ3) is 4.67. The second-order valence-corrected chi connectivity index (χ2v) is 8.66. The summed E-state index contributed by atoms with van der Waals surface area (Å²) in [7, 11) is 1.68. The maximum atomic E-state index is 13.0. The molecule has 32 heavy (non-hydrogen) atoms. The number of carbonyl (C=O) groups is 1. The van der Waals surface area contributed by atoms with Crippen molar-refractivity contribution >= 4 is 5.91 Å². The van der Waals surface area contributed by atoms with E-state index in [-0.39, 0.29) is 5.91 Å². The molecule has 2 aromatic heterocycles. The van der Waals surface area contributed by atoms with Crippen molar-refractivity contribution in [3.8, 4) is 5.75 Å². The van der Waals surface area contributed by atoms with Gasteiger partial charge >= 0.3 is 0 Å². The van der Waals surface area contributed by atoms with Crippen molar-refractivity contribution in [2.45, 2.75) is 51.4 Å². The zero-order chi connectivity index (χ0) is 21.9. The lowest BCUT2D eigenvalue weighted by Gasteiger charge is -2.27. The summed E-state index contributed by atoms with van der Waals surface area (Å²) in [6.07, 6.45) is 7.60. The summed E-state index contributed by atoms with van der Waals surface area (Å²) in [4.78, 5) is 19.6. The third-order valence-corrected chi connectivity index (χ3v) is 6.24. The van der Waals surface area contributed by atoms with E-state index in [0.29, 0.717) is 11.7 Å². The van der Waals surface area contributed by atoms with Crippen LogP contribution < -0.4 is 10.1 Å². The highest BCUT2D eigenvalue weighted by atomic mass is 16.5. The molecule has 1 aliphatic carbocycles. The fourth-order valence-corrected chi connectivity index (χ4v) is 4.31. The number of pyridine rings is 1. The van der Waals surface area contributed by atoms with E-state index < -0.39 is 0 Å². The molecule has 1 N–H and O–H groups in total. The van der Waals surface area contributed by atoms with Crippen molar-refractivity contribution in [1.29, 1.82) is 0 Å². The molecule has 2 aliphatic rings. The summed E-state index contributed by atoms with van der Waals surface area (Å²) in [5.41, 5.74) is 5.28. The van der Waals surface area contributed by atoms with Crippen molar-refractivity contribution in [1.82, 2.24) is 25.0 Å². The molecule has 5 rings (SSSR count). The number of hydrogen-bond donors (Lipinski definition) is 1. The summed E-state index contributed by atoms with van der Waals surface area (Å²) in [6, 6.07) is 12.5. The van der Waals surface area contributed by atoms with Gasteiger partial charge in [0, 0.05) is 62.3 Å². The number of benzene rings is 1. The molecule has 0 bridgehead atoms. The van der Waals surface area contributed by atoms with Crippen LogP contribution in [0.4, 0.5) is 0 Å². The molecule has 3 aromatic rings. The molecular formula is C25H29N5O2. The summed E-state index contributed by atoms with van der Waals surface area (Å²) in [5, 5.41) is 7.93. The number of ether oxygens (including phenoxy) is 1. The molecule has 0 atom stereocenters. The van der Waals surface area contributed by atoms with Gasteiger partial charge in [0.2, 0.25) is 0 Å². The largest absolute Gasteiger partial charge is 0.497 e. The maximum Gasteiger partial charge on any atom is 0.272 e. The Morgan fingerprint density at radius 3 is 2.75 bits per heavy atom. The normalized spacial score (nSPS) is 15.9. The van der Waals surface area contributed by atoms with Crippen molar-refractivity contribution < 1.29 is 9.53 Å². The molecular weight excluding hydrogens is 402 g/mol. The van der Waals surface area contributed by atoms with Crippen molar-refractivity contribution in [2.24, 2.45) is 0 Å². The molecule has 1 amide bonds. The van der Waals surface area contributed by atoms with Crippen LogP contribution in [0.2, 0.25) is 0 Å². The number of hydrogen-bond acceptors (Lipinski definition) is 5. The van der Waals surface area contributed by atoms with Gasteiger partial charge in [-0.25, -0.2) is 0 Å². The molecule has 1 saturated carbocycles. The number of rotatable bonds is 8. The fraction of sp³-hybridized carbons (Fsp3) is 0.400. The van der Waals surface area contributed by atoms with Gasteiger partial charge in [-0.3, -0.25) is 19.4 Å². The lowest BCUT2D eigenvalue weighted by atomic mass is 10.0. The monoisotopic (exact) mass is 431 g/mol. The Hall–Kier alpha value is -3.19. The minimum atomic E-state index is -0.0322. The molecule has 1 aromatic carbocycles. The summed E-state index contributed by atoms with van der Waals surface area (Å²) >= 11 is 0. The van der Waals surface area contributed by atoms with Crippen LogP contribution in [0, 0.1) is 0 Å². The first-order chi connectivity index (χ1) is 15.7. The van der Waals surface area contributed by atoms with E-state index in [2.05, 4.69) is 38.1 Å². The van der Waals surface area contributed by atoms with Gasteiger partial charge in [0.05, 0.1) is 7.11 Å². The van der Waals surface area contributed by atoms with Crippen LogP contribution in [-0.4, -0.2) is 45.3 Å². The molecule has 1 aliphatic heterocycles. The Bertz CT molecular complexity index is 1070. The predicted octanol–water partition coefficient (Wildman–Crippen LogP) is 2.98. The van der Waals surface area contributed by atoms with Crippen molar-refractivity contribution in [2.75, 3.05) is 13.7 Å². The van der Waals surface area contributed by atoms with Gasteiger partial charge in [-0.05, 0) is 48.6 Å². The number of nitrogens with one attached hydrogen (secondary N) is 1. The van der Waals surface area contributed by atoms with E-state index in [1.54, 1.807) is 13.3 Å².